The van der Waals surface area contributed by atoms with Crippen molar-refractivity contribution in [3.8, 4) is 0 Å². The Hall–Kier alpha value is -1.67. The highest BCUT2D eigenvalue weighted by molar-refractivity contribution is 9.10. The maximum absolute atomic E-state index is 4.54. The normalized spacial score (nSPS) is 10.9. The summed E-state index contributed by atoms with van der Waals surface area (Å²) in [4.78, 5) is 15.0. The van der Waals surface area contributed by atoms with Gasteiger partial charge in [0, 0.05) is 19.3 Å². The van der Waals surface area contributed by atoms with Crippen LogP contribution in [0, 0.1) is 0 Å². The van der Waals surface area contributed by atoms with Gasteiger partial charge in [-0.2, -0.15) is 14.6 Å². The average Bonchev–Trinajstić information content (AvgIpc) is 2.86. The summed E-state index contributed by atoms with van der Waals surface area (Å²) < 4.78 is 2.43. The van der Waals surface area contributed by atoms with E-state index in [0.717, 1.165) is 15.9 Å². The minimum atomic E-state index is 0.693. The topological polar surface area (TPSA) is 59.2 Å². The van der Waals surface area contributed by atoms with Gasteiger partial charge in [-0.3, -0.25) is 4.98 Å². The molecular formula is C12H11BrN6S. The number of fused-ring (bicyclic) bond motifs is 1. The molecule has 3 rings (SSSR count). The summed E-state index contributed by atoms with van der Waals surface area (Å²) in [6.45, 7) is 0. The van der Waals surface area contributed by atoms with Gasteiger partial charge in [0.1, 0.15) is 4.60 Å². The van der Waals surface area contributed by atoms with Crippen LogP contribution in [-0.4, -0.2) is 37.9 Å². The minimum absolute atomic E-state index is 0.693. The molecule has 0 aliphatic heterocycles. The molecule has 3 heterocycles. The van der Waals surface area contributed by atoms with Gasteiger partial charge in [0.25, 0.3) is 0 Å². The van der Waals surface area contributed by atoms with Crippen LogP contribution < -0.4 is 4.90 Å². The number of rotatable bonds is 3. The molecule has 3 aromatic rings. The molecule has 20 heavy (non-hydrogen) atoms. The van der Waals surface area contributed by atoms with Crippen LogP contribution >= 0.6 is 27.7 Å². The number of pyridine rings is 1. The first kappa shape index (κ1) is 13.3. The zero-order valence-corrected chi connectivity index (χ0v) is 13.3. The average molecular weight is 351 g/mol. The Morgan fingerprint density at radius 1 is 1.35 bits per heavy atom. The lowest BCUT2D eigenvalue weighted by Crippen LogP contribution is -2.17. The molecule has 102 valence electrons. The van der Waals surface area contributed by atoms with E-state index in [1.54, 1.807) is 16.9 Å². The molecule has 0 aliphatic carbocycles. The van der Waals surface area contributed by atoms with E-state index >= 15 is 0 Å². The fourth-order valence-corrected chi connectivity index (χ4v) is 2.52. The molecule has 0 atom stereocenters. The Morgan fingerprint density at radius 2 is 2.20 bits per heavy atom. The van der Waals surface area contributed by atoms with E-state index in [-0.39, 0.29) is 0 Å². The molecule has 0 bridgehead atoms. The lowest BCUT2D eigenvalue weighted by molar-refractivity contribution is 0.811. The van der Waals surface area contributed by atoms with Gasteiger partial charge in [0.05, 0.1) is 11.9 Å². The number of anilines is 2. The first-order valence-electron chi connectivity index (χ1n) is 5.80. The van der Waals surface area contributed by atoms with Crippen molar-refractivity contribution in [1.29, 1.82) is 0 Å². The van der Waals surface area contributed by atoms with Gasteiger partial charge < -0.3 is 4.90 Å². The van der Waals surface area contributed by atoms with Crippen molar-refractivity contribution in [3.63, 3.8) is 0 Å². The van der Waals surface area contributed by atoms with Crippen LogP contribution in [0.2, 0.25) is 0 Å². The molecular weight excluding hydrogens is 340 g/mol. The van der Waals surface area contributed by atoms with Gasteiger partial charge in [0.2, 0.25) is 5.95 Å². The summed E-state index contributed by atoms with van der Waals surface area (Å²) in [5, 5.41) is 5.08. The van der Waals surface area contributed by atoms with Gasteiger partial charge in [-0.15, -0.1) is 0 Å². The minimum Gasteiger partial charge on any atom is -0.312 e. The van der Waals surface area contributed by atoms with Crippen molar-refractivity contribution in [2.45, 2.75) is 5.16 Å². The van der Waals surface area contributed by atoms with Crippen molar-refractivity contribution in [2.75, 3.05) is 18.2 Å². The summed E-state index contributed by atoms with van der Waals surface area (Å²) in [5.74, 6) is 0.693. The molecule has 0 N–H and O–H groups in total. The Labute approximate surface area is 128 Å². The maximum Gasteiger partial charge on any atom is 0.235 e. The van der Waals surface area contributed by atoms with E-state index in [1.807, 2.05) is 36.4 Å². The monoisotopic (exact) mass is 350 g/mol. The molecule has 0 spiro atoms. The maximum atomic E-state index is 4.54. The molecule has 0 saturated carbocycles. The Bertz CT molecular complexity index is 744. The third kappa shape index (κ3) is 2.36. The van der Waals surface area contributed by atoms with Crippen LogP contribution in [0.5, 0.6) is 0 Å². The first-order chi connectivity index (χ1) is 9.69. The summed E-state index contributed by atoms with van der Waals surface area (Å²) >= 11 is 4.87. The van der Waals surface area contributed by atoms with Crippen molar-refractivity contribution in [2.24, 2.45) is 0 Å². The SMILES string of the molecule is CSc1nc(N(C)c2cccnc2)n2nc(Br)cc2n1. The van der Waals surface area contributed by atoms with Crippen LogP contribution in [0.25, 0.3) is 5.65 Å². The highest BCUT2D eigenvalue weighted by Crippen LogP contribution is 2.24. The number of hydrogen-bond acceptors (Lipinski definition) is 6. The second-order valence-corrected chi connectivity index (χ2v) is 5.60. The molecule has 0 saturated heterocycles. The molecule has 0 aromatic carbocycles. The Balaban J connectivity index is 2.18. The second-order valence-electron chi connectivity index (χ2n) is 4.02. The van der Waals surface area contributed by atoms with E-state index in [2.05, 4.69) is 36.0 Å². The molecule has 6 nitrogen and oxygen atoms in total. The summed E-state index contributed by atoms with van der Waals surface area (Å²) in [5.41, 5.74) is 1.69. The highest BCUT2D eigenvalue weighted by atomic mass is 79.9. The van der Waals surface area contributed by atoms with Crippen molar-refractivity contribution >= 4 is 45.0 Å². The fourth-order valence-electron chi connectivity index (χ4n) is 1.80. The van der Waals surface area contributed by atoms with Gasteiger partial charge >= 0.3 is 0 Å². The molecule has 3 aromatic heterocycles. The summed E-state index contributed by atoms with van der Waals surface area (Å²) in [6, 6.07) is 5.72. The lowest BCUT2D eigenvalue weighted by atomic mass is 10.4. The first-order valence-corrected chi connectivity index (χ1v) is 7.82. The van der Waals surface area contributed by atoms with Gasteiger partial charge in [0.15, 0.2) is 10.8 Å². The summed E-state index contributed by atoms with van der Waals surface area (Å²) in [6.07, 6.45) is 5.47. The summed E-state index contributed by atoms with van der Waals surface area (Å²) in [7, 11) is 1.93. The molecule has 0 aliphatic rings. The standard InChI is InChI=1S/C12H11BrN6S/c1-18(8-4-3-5-14-7-8)12-16-11(20-2)15-10-6-9(13)17-19(10)12/h3-7H,1-2H3. The third-order valence-corrected chi connectivity index (χ3v) is 3.71. The molecule has 0 fully saturated rings. The number of nitrogens with zero attached hydrogens (tertiary/aromatic N) is 6. The number of hydrogen-bond donors (Lipinski definition) is 0. The predicted molar refractivity (Wildman–Crippen MR) is 82.6 cm³/mol. The highest BCUT2D eigenvalue weighted by Gasteiger charge is 2.15. The molecule has 8 heteroatoms. The van der Waals surface area contributed by atoms with Crippen LogP contribution in [0.15, 0.2) is 40.4 Å². The smallest absolute Gasteiger partial charge is 0.235 e. The van der Waals surface area contributed by atoms with E-state index in [9.17, 15) is 0 Å². The zero-order valence-electron chi connectivity index (χ0n) is 10.9. The molecule has 0 unspecified atom stereocenters. The van der Waals surface area contributed by atoms with Crippen molar-refractivity contribution in [3.05, 3.63) is 35.2 Å². The number of thioether (sulfide) groups is 1. The third-order valence-electron chi connectivity index (χ3n) is 2.77. The van der Waals surface area contributed by atoms with Crippen LogP contribution in [0.1, 0.15) is 0 Å². The predicted octanol–water partition coefficient (Wildman–Crippen LogP) is 2.77. The van der Waals surface area contributed by atoms with Gasteiger partial charge in [-0.05, 0) is 34.3 Å². The van der Waals surface area contributed by atoms with Crippen LogP contribution in [-0.2, 0) is 0 Å². The van der Waals surface area contributed by atoms with Gasteiger partial charge in [-0.1, -0.05) is 11.8 Å². The quantitative estimate of drug-likeness (QED) is 0.677. The second kappa shape index (κ2) is 5.37. The van der Waals surface area contributed by atoms with Crippen molar-refractivity contribution < 1.29 is 0 Å². The number of halogens is 1. The van der Waals surface area contributed by atoms with E-state index < -0.39 is 0 Å². The van der Waals surface area contributed by atoms with Crippen LogP contribution in [0.4, 0.5) is 11.6 Å². The van der Waals surface area contributed by atoms with E-state index in [1.165, 1.54) is 11.8 Å². The zero-order chi connectivity index (χ0) is 14.1. The Morgan fingerprint density at radius 3 is 2.90 bits per heavy atom. The number of aromatic nitrogens is 5. The fraction of sp³-hybridized carbons (Fsp3) is 0.167. The van der Waals surface area contributed by atoms with E-state index in [0.29, 0.717) is 11.1 Å². The van der Waals surface area contributed by atoms with E-state index in [4.69, 9.17) is 0 Å². The largest absolute Gasteiger partial charge is 0.312 e. The lowest BCUT2D eigenvalue weighted by Gasteiger charge is -2.18. The molecule has 0 amide bonds. The van der Waals surface area contributed by atoms with Crippen LogP contribution in [0.3, 0.4) is 0 Å². The van der Waals surface area contributed by atoms with Gasteiger partial charge in [-0.25, -0.2) is 4.98 Å². The van der Waals surface area contributed by atoms with Crippen molar-refractivity contribution in [1.82, 2.24) is 24.6 Å². The molecule has 0 radical (unpaired) electrons. The Kier molecular flexibility index (Phi) is 3.58.